The minimum Gasteiger partial charge on any atom is -0.480 e. The van der Waals surface area contributed by atoms with Gasteiger partial charge in [0.05, 0.1) is 0 Å². The smallest absolute Gasteiger partial charge is 0.332 e. The molecular formula is C27H45NO3. The molecule has 0 fully saturated rings. The Labute approximate surface area is 190 Å². The second-order valence-corrected chi connectivity index (χ2v) is 9.31. The Hall–Kier alpha value is -1.68. The molecule has 0 aliphatic heterocycles. The van der Waals surface area contributed by atoms with Crippen LogP contribution in [-0.2, 0) is 4.79 Å². The first-order valence-electron chi connectivity index (χ1n) is 12.5. The maximum atomic E-state index is 12.9. The lowest BCUT2D eigenvalue weighted by Gasteiger charge is -2.34. The van der Waals surface area contributed by atoms with Crippen LogP contribution < -0.4 is 5.73 Å². The number of carbonyl (C=O) groups excluding carboxylic acids is 1. The van der Waals surface area contributed by atoms with Gasteiger partial charge in [-0.05, 0) is 11.8 Å². The quantitative estimate of drug-likeness (QED) is 0.149. The van der Waals surface area contributed by atoms with Crippen molar-refractivity contribution in [1.82, 2.24) is 0 Å². The number of benzene rings is 1. The van der Waals surface area contributed by atoms with Crippen LogP contribution in [0.25, 0.3) is 0 Å². The molecule has 3 unspecified atom stereocenters. The van der Waals surface area contributed by atoms with Crippen LogP contribution in [0.2, 0.25) is 0 Å². The maximum Gasteiger partial charge on any atom is 0.332 e. The Kier molecular flexibility index (Phi) is 13.4. The van der Waals surface area contributed by atoms with Crippen LogP contribution in [0.15, 0.2) is 30.3 Å². The van der Waals surface area contributed by atoms with Gasteiger partial charge in [0.25, 0.3) is 0 Å². The molecule has 0 aliphatic carbocycles. The molecule has 1 rings (SSSR count). The van der Waals surface area contributed by atoms with Crippen molar-refractivity contribution < 1.29 is 14.7 Å². The normalized spacial score (nSPS) is 15.2. The lowest BCUT2D eigenvalue weighted by Crippen LogP contribution is -2.61. The van der Waals surface area contributed by atoms with E-state index in [2.05, 4.69) is 6.92 Å². The topological polar surface area (TPSA) is 80.4 Å². The van der Waals surface area contributed by atoms with Crippen molar-refractivity contribution in [2.45, 2.75) is 110 Å². The van der Waals surface area contributed by atoms with Crippen molar-refractivity contribution in [2.75, 3.05) is 0 Å². The third-order valence-electron chi connectivity index (χ3n) is 6.85. The number of unbranched alkanes of at least 4 members (excludes halogenated alkanes) is 11. The minimum atomic E-state index is -1.89. The molecule has 4 nitrogen and oxygen atoms in total. The van der Waals surface area contributed by atoms with E-state index in [-0.39, 0.29) is 5.92 Å². The summed E-state index contributed by atoms with van der Waals surface area (Å²) in [6, 6.07) is 8.53. The molecule has 4 heteroatoms. The highest BCUT2D eigenvalue weighted by Gasteiger charge is 2.48. The molecular weight excluding hydrogens is 386 g/mol. The monoisotopic (exact) mass is 431 g/mol. The van der Waals surface area contributed by atoms with Crippen LogP contribution >= 0.6 is 0 Å². The summed E-state index contributed by atoms with van der Waals surface area (Å²) in [6.45, 7) is 6.08. The van der Waals surface area contributed by atoms with E-state index in [1.807, 2.05) is 6.92 Å². The van der Waals surface area contributed by atoms with Crippen molar-refractivity contribution in [3.8, 4) is 0 Å². The summed E-state index contributed by atoms with van der Waals surface area (Å²) in [6.07, 6.45) is 16.5. The van der Waals surface area contributed by atoms with Crippen molar-refractivity contribution in [1.29, 1.82) is 0 Å². The van der Waals surface area contributed by atoms with Gasteiger partial charge in [-0.1, -0.05) is 135 Å². The number of ketones is 1. The number of carboxylic acids is 1. The Morgan fingerprint density at radius 1 is 0.839 bits per heavy atom. The van der Waals surface area contributed by atoms with E-state index in [1.165, 1.54) is 64.2 Å². The third kappa shape index (κ3) is 9.14. The molecule has 176 valence electrons. The predicted octanol–water partition coefficient (Wildman–Crippen LogP) is 7.01. The Bertz CT molecular complexity index is 631. The second-order valence-electron chi connectivity index (χ2n) is 9.31. The number of Topliss-reactive ketones (excluding diaryl/α,β-unsaturated/α-hetero) is 1. The fourth-order valence-corrected chi connectivity index (χ4v) is 4.33. The van der Waals surface area contributed by atoms with E-state index in [1.54, 1.807) is 37.3 Å². The van der Waals surface area contributed by atoms with Crippen LogP contribution in [-0.4, -0.2) is 22.4 Å². The SMILES string of the molecule is CCCCCCCCCCCCCCC(C)C(C)C(N)(C(=O)O)C(=O)c1ccccc1. The van der Waals surface area contributed by atoms with Crippen LogP contribution in [0.4, 0.5) is 0 Å². The van der Waals surface area contributed by atoms with Gasteiger partial charge in [0, 0.05) is 5.56 Å². The summed E-state index contributed by atoms with van der Waals surface area (Å²) >= 11 is 0. The molecule has 0 amide bonds. The Balaban J connectivity index is 2.33. The zero-order valence-corrected chi connectivity index (χ0v) is 20.1. The molecule has 0 saturated heterocycles. The molecule has 0 radical (unpaired) electrons. The van der Waals surface area contributed by atoms with E-state index in [0.29, 0.717) is 5.56 Å². The maximum absolute atomic E-state index is 12.9. The summed E-state index contributed by atoms with van der Waals surface area (Å²) < 4.78 is 0. The lowest BCUT2D eigenvalue weighted by atomic mass is 9.72. The van der Waals surface area contributed by atoms with E-state index in [4.69, 9.17) is 5.73 Å². The van der Waals surface area contributed by atoms with E-state index in [9.17, 15) is 14.7 Å². The first kappa shape index (κ1) is 27.4. The number of carbonyl (C=O) groups is 2. The number of hydrogen-bond donors (Lipinski definition) is 2. The van der Waals surface area contributed by atoms with Crippen LogP contribution in [0.5, 0.6) is 0 Å². The number of aliphatic carboxylic acids is 1. The number of carboxylic acid groups (broad SMARTS) is 1. The summed E-state index contributed by atoms with van der Waals surface area (Å²) in [7, 11) is 0. The molecule has 0 aliphatic rings. The molecule has 0 aromatic heterocycles. The van der Waals surface area contributed by atoms with E-state index >= 15 is 0 Å². The molecule has 1 aromatic rings. The highest BCUT2D eigenvalue weighted by molar-refractivity contribution is 6.16. The minimum absolute atomic E-state index is 0.0666. The summed E-state index contributed by atoms with van der Waals surface area (Å²) in [5.74, 6) is -2.12. The van der Waals surface area contributed by atoms with E-state index < -0.39 is 23.2 Å². The van der Waals surface area contributed by atoms with Gasteiger partial charge in [-0.25, -0.2) is 4.79 Å². The first-order chi connectivity index (χ1) is 14.9. The molecule has 0 bridgehead atoms. The average molecular weight is 432 g/mol. The molecule has 0 heterocycles. The first-order valence-corrected chi connectivity index (χ1v) is 12.5. The number of hydrogen-bond acceptors (Lipinski definition) is 3. The molecule has 0 spiro atoms. The summed E-state index contributed by atoms with van der Waals surface area (Å²) in [5, 5.41) is 9.81. The molecule has 3 N–H and O–H groups in total. The largest absolute Gasteiger partial charge is 0.480 e. The molecule has 1 aromatic carbocycles. The molecule has 0 saturated carbocycles. The van der Waals surface area contributed by atoms with Crippen molar-refractivity contribution in [3.05, 3.63) is 35.9 Å². The number of nitrogens with two attached hydrogens (primary N) is 1. The van der Waals surface area contributed by atoms with Gasteiger partial charge >= 0.3 is 5.97 Å². The standard InChI is InChI=1S/C27H45NO3/c1-4-5-6-7-8-9-10-11-12-13-14-16-19-22(2)23(3)27(28,26(30)31)25(29)24-20-17-15-18-21-24/h15,17-18,20-23H,4-14,16,19,28H2,1-3H3,(H,30,31). The zero-order valence-electron chi connectivity index (χ0n) is 20.1. The van der Waals surface area contributed by atoms with Gasteiger partial charge in [-0.3, -0.25) is 4.79 Å². The van der Waals surface area contributed by atoms with E-state index in [0.717, 1.165) is 19.3 Å². The van der Waals surface area contributed by atoms with Gasteiger partial charge in [0.2, 0.25) is 0 Å². The van der Waals surface area contributed by atoms with Crippen molar-refractivity contribution >= 4 is 11.8 Å². The Morgan fingerprint density at radius 3 is 1.74 bits per heavy atom. The highest BCUT2D eigenvalue weighted by Crippen LogP contribution is 2.30. The Morgan fingerprint density at radius 2 is 1.29 bits per heavy atom. The van der Waals surface area contributed by atoms with Gasteiger partial charge in [0.1, 0.15) is 0 Å². The fraction of sp³-hybridized carbons (Fsp3) is 0.704. The zero-order chi connectivity index (χ0) is 23.1. The van der Waals surface area contributed by atoms with Crippen LogP contribution in [0.1, 0.15) is 115 Å². The third-order valence-corrected chi connectivity index (χ3v) is 6.85. The summed E-state index contributed by atoms with van der Waals surface area (Å²) in [4.78, 5) is 24.9. The van der Waals surface area contributed by atoms with Crippen LogP contribution in [0.3, 0.4) is 0 Å². The lowest BCUT2D eigenvalue weighted by molar-refractivity contribution is -0.143. The van der Waals surface area contributed by atoms with Gasteiger partial charge in [-0.15, -0.1) is 0 Å². The summed E-state index contributed by atoms with van der Waals surface area (Å²) in [5.41, 5.74) is 4.72. The predicted molar refractivity (Wildman–Crippen MR) is 129 cm³/mol. The molecule has 31 heavy (non-hydrogen) atoms. The van der Waals surface area contributed by atoms with Gasteiger partial charge in [-0.2, -0.15) is 0 Å². The number of rotatable bonds is 18. The fourth-order valence-electron chi connectivity index (χ4n) is 4.33. The van der Waals surface area contributed by atoms with Gasteiger partial charge in [0.15, 0.2) is 11.3 Å². The van der Waals surface area contributed by atoms with Crippen molar-refractivity contribution in [3.63, 3.8) is 0 Å². The molecule has 3 atom stereocenters. The van der Waals surface area contributed by atoms with Gasteiger partial charge < -0.3 is 10.8 Å². The van der Waals surface area contributed by atoms with Crippen LogP contribution in [0, 0.1) is 11.8 Å². The second kappa shape index (κ2) is 15.2. The highest BCUT2D eigenvalue weighted by atomic mass is 16.4. The van der Waals surface area contributed by atoms with Crippen molar-refractivity contribution in [2.24, 2.45) is 17.6 Å². The average Bonchev–Trinajstić information content (AvgIpc) is 2.78.